The van der Waals surface area contributed by atoms with Gasteiger partial charge in [-0.15, -0.1) is 0 Å². The van der Waals surface area contributed by atoms with Gasteiger partial charge in [-0.25, -0.2) is 4.39 Å². The zero-order chi connectivity index (χ0) is 13.0. The lowest BCUT2D eigenvalue weighted by atomic mass is 10.2. The number of carbonyl (C=O) groups is 1. The van der Waals surface area contributed by atoms with Crippen molar-refractivity contribution in [2.24, 2.45) is 0 Å². The Hall–Kier alpha value is -1.68. The van der Waals surface area contributed by atoms with Gasteiger partial charge in [0.15, 0.2) is 0 Å². The van der Waals surface area contributed by atoms with Gasteiger partial charge in [-0.1, -0.05) is 30.3 Å². The highest BCUT2D eigenvalue weighted by Crippen LogP contribution is 2.25. The van der Waals surface area contributed by atoms with Crippen LogP contribution in [0.15, 0.2) is 53.0 Å². The molecular weight excluding hydrogens is 299 g/mol. The molecule has 0 radical (unpaired) electrons. The van der Waals surface area contributed by atoms with Crippen LogP contribution in [0.1, 0.15) is 5.56 Å². The van der Waals surface area contributed by atoms with Gasteiger partial charge in [-0.05, 0) is 39.7 Å². The highest BCUT2D eigenvalue weighted by atomic mass is 79.9. The van der Waals surface area contributed by atoms with E-state index in [0.717, 1.165) is 5.56 Å². The second kappa shape index (κ2) is 5.78. The molecule has 0 unspecified atom stereocenters. The van der Waals surface area contributed by atoms with Crippen LogP contribution in [-0.4, -0.2) is 5.97 Å². The maximum atomic E-state index is 12.9. The van der Waals surface area contributed by atoms with Gasteiger partial charge in [0.2, 0.25) is 0 Å². The number of hydrogen-bond acceptors (Lipinski definition) is 2. The average Bonchev–Trinajstić information content (AvgIpc) is 2.34. The summed E-state index contributed by atoms with van der Waals surface area (Å²) in [6.45, 7) is 0. The maximum Gasteiger partial charge on any atom is 0.315 e. The van der Waals surface area contributed by atoms with Crippen molar-refractivity contribution >= 4 is 21.9 Å². The Bertz CT molecular complexity index is 555. The minimum absolute atomic E-state index is 0.185. The summed E-state index contributed by atoms with van der Waals surface area (Å²) in [7, 11) is 0. The van der Waals surface area contributed by atoms with E-state index >= 15 is 0 Å². The number of ether oxygens (including phenoxy) is 1. The second-order valence-corrected chi connectivity index (χ2v) is 4.57. The van der Waals surface area contributed by atoms with Crippen molar-refractivity contribution in [3.8, 4) is 5.75 Å². The van der Waals surface area contributed by atoms with Gasteiger partial charge >= 0.3 is 5.97 Å². The number of rotatable bonds is 3. The first-order valence-electron chi connectivity index (χ1n) is 5.35. The van der Waals surface area contributed by atoms with Crippen molar-refractivity contribution in [1.82, 2.24) is 0 Å². The average molecular weight is 309 g/mol. The lowest BCUT2D eigenvalue weighted by Crippen LogP contribution is -2.11. The van der Waals surface area contributed by atoms with Gasteiger partial charge in [0, 0.05) is 0 Å². The Morgan fingerprint density at radius 1 is 1.17 bits per heavy atom. The molecule has 2 nitrogen and oxygen atoms in total. The summed E-state index contributed by atoms with van der Waals surface area (Å²) in [5.74, 6) is -0.449. The molecule has 0 bridgehead atoms. The largest absolute Gasteiger partial charge is 0.425 e. The quantitative estimate of drug-likeness (QED) is 0.638. The normalized spacial score (nSPS) is 10.1. The number of carbonyl (C=O) groups excluding carboxylic acids is 1. The minimum Gasteiger partial charge on any atom is -0.425 e. The second-order valence-electron chi connectivity index (χ2n) is 3.71. The van der Waals surface area contributed by atoms with E-state index in [-0.39, 0.29) is 18.2 Å². The summed E-state index contributed by atoms with van der Waals surface area (Å²) in [6, 6.07) is 13.2. The Kier molecular flexibility index (Phi) is 4.10. The van der Waals surface area contributed by atoms with Gasteiger partial charge in [0.05, 0.1) is 10.9 Å². The fraction of sp³-hybridized carbons (Fsp3) is 0.0714. The molecule has 0 atom stereocenters. The SMILES string of the molecule is O=C(Cc1ccccc1)Oc1ccc(F)cc1Br. The van der Waals surface area contributed by atoms with Crippen molar-refractivity contribution in [3.05, 3.63) is 64.4 Å². The van der Waals surface area contributed by atoms with Crippen LogP contribution in [0.3, 0.4) is 0 Å². The molecule has 2 aromatic rings. The summed E-state index contributed by atoms with van der Waals surface area (Å²) in [5.41, 5.74) is 0.876. The molecule has 0 aliphatic carbocycles. The molecule has 0 amide bonds. The number of halogens is 2. The highest BCUT2D eigenvalue weighted by molar-refractivity contribution is 9.10. The van der Waals surface area contributed by atoms with Crippen LogP contribution in [0.25, 0.3) is 0 Å². The van der Waals surface area contributed by atoms with Crippen molar-refractivity contribution in [2.75, 3.05) is 0 Å². The summed E-state index contributed by atoms with van der Waals surface area (Å²) in [6.07, 6.45) is 0.185. The van der Waals surface area contributed by atoms with Crippen molar-refractivity contribution in [3.63, 3.8) is 0 Å². The predicted octanol–water partition coefficient (Wildman–Crippen LogP) is 3.74. The fourth-order valence-corrected chi connectivity index (χ4v) is 1.91. The van der Waals surface area contributed by atoms with Crippen molar-refractivity contribution < 1.29 is 13.9 Å². The molecular formula is C14H10BrFO2. The molecule has 92 valence electrons. The van der Waals surface area contributed by atoms with Crippen LogP contribution >= 0.6 is 15.9 Å². The molecule has 18 heavy (non-hydrogen) atoms. The first-order chi connectivity index (χ1) is 8.65. The van der Waals surface area contributed by atoms with Gasteiger partial charge < -0.3 is 4.74 Å². The van der Waals surface area contributed by atoms with E-state index in [2.05, 4.69) is 15.9 Å². The molecule has 0 saturated carbocycles. The van der Waals surface area contributed by atoms with E-state index in [1.165, 1.54) is 18.2 Å². The number of benzene rings is 2. The minimum atomic E-state index is -0.385. The third kappa shape index (κ3) is 3.40. The molecule has 0 saturated heterocycles. The van der Waals surface area contributed by atoms with Crippen LogP contribution in [0.2, 0.25) is 0 Å². The molecule has 2 rings (SSSR count). The highest BCUT2D eigenvalue weighted by Gasteiger charge is 2.09. The van der Waals surface area contributed by atoms with Gasteiger partial charge in [-0.3, -0.25) is 4.79 Å². The molecule has 0 aromatic heterocycles. The Morgan fingerprint density at radius 2 is 1.89 bits per heavy atom. The van der Waals surface area contributed by atoms with E-state index < -0.39 is 0 Å². The standard InChI is InChI=1S/C14H10BrFO2/c15-12-9-11(16)6-7-13(12)18-14(17)8-10-4-2-1-3-5-10/h1-7,9H,8H2. The van der Waals surface area contributed by atoms with E-state index in [0.29, 0.717) is 10.2 Å². The maximum absolute atomic E-state index is 12.9. The van der Waals surface area contributed by atoms with Gasteiger partial charge in [-0.2, -0.15) is 0 Å². The Balaban J connectivity index is 2.03. The first kappa shape index (κ1) is 12.8. The van der Waals surface area contributed by atoms with Gasteiger partial charge in [0.1, 0.15) is 11.6 Å². The monoisotopic (exact) mass is 308 g/mol. The zero-order valence-electron chi connectivity index (χ0n) is 9.40. The van der Waals surface area contributed by atoms with E-state index in [1.807, 2.05) is 30.3 Å². The van der Waals surface area contributed by atoms with Crippen LogP contribution in [0.5, 0.6) is 5.75 Å². The van der Waals surface area contributed by atoms with Crippen molar-refractivity contribution in [2.45, 2.75) is 6.42 Å². The summed E-state index contributed by atoms with van der Waals surface area (Å²) < 4.78 is 18.4. The molecule has 2 aromatic carbocycles. The topological polar surface area (TPSA) is 26.3 Å². The van der Waals surface area contributed by atoms with Crippen LogP contribution in [0, 0.1) is 5.82 Å². The lowest BCUT2D eigenvalue weighted by molar-refractivity contribution is -0.133. The number of hydrogen-bond donors (Lipinski definition) is 0. The molecule has 0 N–H and O–H groups in total. The molecule has 0 spiro atoms. The fourth-order valence-electron chi connectivity index (χ4n) is 1.48. The van der Waals surface area contributed by atoms with Crippen LogP contribution < -0.4 is 4.74 Å². The van der Waals surface area contributed by atoms with Crippen LogP contribution in [-0.2, 0) is 11.2 Å². The molecule has 0 heterocycles. The molecule has 0 aliphatic rings. The summed E-state index contributed by atoms with van der Waals surface area (Å²) >= 11 is 3.14. The third-order valence-corrected chi connectivity index (χ3v) is 2.93. The van der Waals surface area contributed by atoms with Crippen molar-refractivity contribution in [1.29, 1.82) is 0 Å². The molecule has 4 heteroatoms. The lowest BCUT2D eigenvalue weighted by Gasteiger charge is -2.06. The zero-order valence-corrected chi connectivity index (χ0v) is 11.0. The molecule has 0 fully saturated rings. The van der Waals surface area contributed by atoms with E-state index in [9.17, 15) is 9.18 Å². The first-order valence-corrected chi connectivity index (χ1v) is 6.14. The third-order valence-electron chi connectivity index (χ3n) is 2.31. The summed E-state index contributed by atoms with van der Waals surface area (Å²) in [5, 5.41) is 0. The van der Waals surface area contributed by atoms with Gasteiger partial charge in [0.25, 0.3) is 0 Å². The smallest absolute Gasteiger partial charge is 0.315 e. The van der Waals surface area contributed by atoms with E-state index in [4.69, 9.17) is 4.74 Å². The van der Waals surface area contributed by atoms with Crippen LogP contribution in [0.4, 0.5) is 4.39 Å². The van der Waals surface area contributed by atoms with E-state index in [1.54, 1.807) is 0 Å². The Morgan fingerprint density at radius 3 is 2.56 bits per heavy atom. The predicted molar refractivity (Wildman–Crippen MR) is 69.9 cm³/mol. The number of esters is 1. The summed E-state index contributed by atoms with van der Waals surface area (Å²) in [4.78, 5) is 11.7. The Labute approximate surface area is 113 Å². The molecule has 0 aliphatic heterocycles.